The first-order valence-electron chi connectivity index (χ1n) is 4.60. The van der Waals surface area contributed by atoms with E-state index in [1.54, 1.807) is 0 Å². The van der Waals surface area contributed by atoms with E-state index < -0.39 is 0 Å². The van der Waals surface area contributed by atoms with Crippen LogP contribution in [0.15, 0.2) is 6.20 Å². The molecule has 0 atom stereocenters. The molecule has 0 bridgehead atoms. The minimum absolute atomic E-state index is 0.354. The predicted octanol–water partition coefficient (Wildman–Crippen LogP) is 1.16. The zero-order valence-corrected chi connectivity index (χ0v) is 8.03. The van der Waals surface area contributed by atoms with Crippen molar-refractivity contribution in [1.29, 1.82) is 0 Å². The molecule has 2 rings (SSSR count). The summed E-state index contributed by atoms with van der Waals surface area (Å²) in [6.07, 6.45) is 1.86. The van der Waals surface area contributed by atoms with Gasteiger partial charge in [0.25, 0.3) is 0 Å². The standard InChI is InChI=1S/C9H15N3O/c1-6(2)8-3-11-12(9(8)10)7-4-13-5-7/h3,6-7H,4-5,10H2,1-2H3. The highest BCUT2D eigenvalue weighted by molar-refractivity contribution is 5.41. The molecule has 0 spiro atoms. The predicted molar refractivity (Wildman–Crippen MR) is 50.6 cm³/mol. The molecule has 2 N–H and O–H groups in total. The smallest absolute Gasteiger partial charge is 0.125 e. The molecule has 1 fully saturated rings. The minimum atomic E-state index is 0.354. The Morgan fingerprint density at radius 2 is 2.31 bits per heavy atom. The average molecular weight is 181 g/mol. The van der Waals surface area contributed by atoms with E-state index in [1.165, 1.54) is 0 Å². The number of nitrogen functional groups attached to an aromatic ring is 1. The zero-order chi connectivity index (χ0) is 9.42. The summed E-state index contributed by atoms with van der Waals surface area (Å²) in [5.41, 5.74) is 7.09. The fourth-order valence-electron chi connectivity index (χ4n) is 1.49. The number of aromatic nitrogens is 2. The Kier molecular flexibility index (Phi) is 2.00. The first-order valence-corrected chi connectivity index (χ1v) is 4.60. The molecule has 1 aromatic rings. The van der Waals surface area contributed by atoms with E-state index in [1.807, 2.05) is 10.9 Å². The number of ether oxygens (including phenoxy) is 1. The third kappa shape index (κ3) is 1.31. The number of anilines is 1. The van der Waals surface area contributed by atoms with Crippen LogP contribution in [0.25, 0.3) is 0 Å². The van der Waals surface area contributed by atoms with Gasteiger partial charge in [-0.3, -0.25) is 0 Å². The van der Waals surface area contributed by atoms with Gasteiger partial charge in [0.05, 0.1) is 19.4 Å². The Bertz CT molecular complexity index is 302. The van der Waals surface area contributed by atoms with Gasteiger partial charge in [-0.2, -0.15) is 5.10 Å². The highest BCUT2D eigenvalue weighted by Gasteiger charge is 2.24. The van der Waals surface area contributed by atoms with Gasteiger partial charge < -0.3 is 10.5 Å². The molecule has 1 aromatic heterocycles. The normalized spacial score (nSPS) is 17.8. The van der Waals surface area contributed by atoms with Crippen LogP contribution in [0.1, 0.15) is 31.4 Å². The number of hydrogen-bond acceptors (Lipinski definition) is 3. The number of nitrogens with zero attached hydrogens (tertiary/aromatic N) is 2. The quantitative estimate of drug-likeness (QED) is 0.744. The summed E-state index contributed by atoms with van der Waals surface area (Å²) in [5, 5.41) is 4.27. The van der Waals surface area contributed by atoms with Gasteiger partial charge in [-0.05, 0) is 5.92 Å². The van der Waals surface area contributed by atoms with Crippen molar-refractivity contribution in [2.24, 2.45) is 0 Å². The highest BCUT2D eigenvalue weighted by atomic mass is 16.5. The molecule has 0 radical (unpaired) electrons. The summed E-state index contributed by atoms with van der Waals surface area (Å²) in [7, 11) is 0. The summed E-state index contributed by atoms with van der Waals surface area (Å²) in [6, 6.07) is 0.354. The first-order chi connectivity index (χ1) is 6.20. The molecular formula is C9H15N3O. The van der Waals surface area contributed by atoms with Crippen molar-refractivity contribution in [1.82, 2.24) is 9.78 Å². The maximum absolute atomic E-state index is 5.96. The molecule has 0 saturated carbocycles. The molecule has 1 saturated heterocycles. The number of nitrogens with two attached hydrogens (primary N) is 1. The molecule has 1 aliphatic heterocycles. The minimum Gasteiger partial charge on any atom is -0.384 e. The third-order valence-electron chi connectivity index (χ3n) is 2.45. The van der Waals surface area contributed by atoms with Crippen molar-refractivity contribution in [3.63, 3.8) is 0 Å². The Labute approximate surface area is 77.7 Å². The van der Waals surface area contributed by atoms with Crippen LogP contribution >= 0.6 is 0 Å². The van der Waals surface area contributed by atoms with Crippen LogP contribution < -0.4 is 5.73 Å². The number of rotatable bonds is 2. The third-order valence-corrected chi connectivity index (χ3v) is 2.45. The van der Waals surface area contributed by atoms with Gasteiger partial charge in [0.2, 0.25) is 0 Å². The van der Waals surface area contributed by atoms with Gasteiger partial charge in [0.15, 0.2) is 0 Å². The fourth-order valence-corrected chi connectivity index (χ4v) is 1.49. The molecule has 4 nitrogen and oxygen atoms in total. The molecule has 72 valence electrons. The lowest BCUT2D eigenvalue weighted by Gasteiger charge is -2.27. The van der Waals surface area contributed by atoms with E-state index in [4.69, 9.17) is 10.5 Å². The monoisotopic (exact) mass is 181 g/mol. The van der Waals surface area contributed by atoms with Crippen molar-refractivity contribution in [3.05, 3.63) is 11.8 Å². The van der Waals surface area contributed by atoms with Crippen molar-refractivity contribution < 1.29 is 4.74 Å². The Morgan fingerprint density at radius 1 is 1.62 bits per heavy atom. The Morgan fingerprint density at radius 3 is 2.69 bits per heavy atom. The van der Waals surface area contributed by atoms with Gasteiger partial charge >= 0.3 is 0 Å². The molecule has 0 aromatic carbocycles. The lowest BCUT2D eigenvalue weighted by molar-refractivity contribution is -0.0276. The van der Waals surface area contributed by atoms with E-state index in [2.05, 4.69) is 18.9 Å². The topological polar surface area (TPSA) is 53.1 Å². The van der Waals surface area contributed by atoms with E-state index in [-0.39, 0.29) is 0 Å². The lowest BCUT2D eigenvalue weighted by Crippen LogP contribution is -2.32. The summed E-state index contributed by atoms with van der Waals surface area (Å²) in [5.74, 6) is 1.23. The second-order valence-corrected chi connectivity index (χ2v) is 3.78. The van der Waals surface area contributed by atoms with E-state index in [9.17, 15) is 0 Å². The van der Waals surface area contributed by atoms with Gasteiger partial charge in [-0.25, -0.2) is 4.68 Å². The summed E-state index contributed by atoms with van der Waals surface area (Å²) >= 11 is 0. The molecule has 0 aliphatic carbocycles. The van der Waals surface area contributed by atoms with E-state index in [0.29, 0.717) is 12.0 Å². The number of hydrogen-bond donors (Lipinski definition) is 1. The Hall–Kier alpha value is -1.03. The largest absolute Gasteiger partial charge is 0.384 e. The molecule has 4 heteroatoms. The SMILES string of the molecule is CC(C)c1cnn(C2COC2)c1N. The lowest BCUT2D eigenvalue weighted by atomic mass is 10.1. The molecular weight excluding hydrogens is 166 g/mol. The zero-order valence-electron chi connectivity index (χ0n) is 8.03. The van der Waals surface area contributed by atoms with Gasteiger partial charge in [0.1, 0.15) is 11.9 Å². The van der Waals surface area contributed by atoms with Crippen molar-refractivity contribution in [2.45, 2.75) is 25.8 Å². The maximum atomic E-state index is 5.96. The van der Waals surface area contributed by atoms with Crippen molar-refractivity contribution >= 4 is 5.82 Å². The second-order valence-electron chi connectivity index (χ2n) is 3.78. The molecule has 0 unspecified atom stereocenters. The second kappa shape index (κ2) is 3.03. The highest BCUT2D eigenvalue weighted by Crippen LogP contribution is 2.26. The van der Waals surface area contributed by atoms with Gasteiger partial charge in [-0.15, -0.1) is 0 Å². The fraction of sp³-hybridized carbons (Fsp3) is 0.667. The van der Waals surface area contributed by atoms with E-state index >= 15 is 0 Å². The maximum Gasteiger partial charge on any atom is 0.125 e. The summed E-state index contributed by atoms with van der Waals surface area (Å²) < 4.78 is 6.97. The summed E-state index contributed by atoms with van der Waals surface area (Å²) in [6.45, 7) is 5.72. The molecule has 1 aliphatic rings. The van der Waals surface area contributed by atoms with Crippen LogP contribution in [0.5, 0.6) is 0 Å². The van der Waals surface area contributed by atoms with Crippen LogP contribution in [0.2, 0.25) is 0 Å². The molecule has 0 amide bonds. The molecule has 13 heavy (non-hydrogen) atoms. The first kappa shape index (κ1) is 8.56. The van der Waals surface area contributed by atoms with Crippen molar-refractivity contribution in [2.75, 3.05) is 18.9 Å². The van der Waals surface area contributed by atoms with E-state index in [0.717, 1.165) is 24.6 Å². The molecule has 2 heterocycles. The van der Waals surface area contributed by atoms with Crippen LogP contribution in [0.4, 0.5) is 5.82 Å². The van der Waals surface area contributed by atoms with Crippen LogP contribution in [0.3, 0.4) is 0 Å². The van der Waals surface area contributed by atoms with Gasteiger partial charge in [-0.1, -0.05) is 13.8 Å². The Balaban J connectivity index is 2.27. The summed E-state index contributed by atoms with van der Waals surface area (Å²) in [4.78, 5) is 0. The van der Waals surface area contributed by atoms with Crippen LogP contribution in [-0.4, -0.2) is 23.0 Å². The van der Waals surface area contributed by atoms with Crippen LogP contribution in [0, 0.1) is 0 Å². The average Bonchev–Trinajstić information content (AvgIpc) is 2.29. The van der Waals surface area contributed by atoms with Crippen LogP contribution in [-0.2, 0) is 4.74 Å². The van der Waals surface area contributed by atoms with Gasteiger partial charge in [0, 0.05) is 5.56 Å². The van der Waals surface area contributed by atoms with Crippen molar-refractivity contribution in [3.8, 4) is 0 Å².